The molecular weight excluding hydrogens is 382 g/mol. The van der Waals surface area contributed by atoms with Gasteiger partial charge in [-0.1, -0.05) is 54.6 Å². The lowest BCUT2D eigenvalue weighted by atomic mass is 9.80. The third-order valence-corrected chi connectivity index (χ3v) is 6.34. The Morgan fingerprint density at radius 1 is 1.10 bits per heavy atom. The maximum absolute atomic E-state index is 12.0. The first-order valence-electron chi connectivity index (χ1n) is 10.1. The smallest absolute Gasteiger partial charge is 0.208 e. The van der Waals surface area contributed by atoms with Gasteiger partial charge >= 0.3 is 0 Å². The van der Waals surface area contributed by atoms with Gasteiger partial charge in [0.15, 0.2) is 0 Å². The minimum absolute atomic E-state index is 0.0206. The summed E-state index contributed by atoms with van der Waals surface area (Å²) in [5, 5.41) is 4.79. The number of rotatable bonds is 6. The van der Waals surface area contributed by atoms with E-state index in [0.717, 1.165) is 31.5 Å². The number of fused-ring (bicyclic) bond motifs is 1. The van der Waals surface area contributed by atoms with Crippen molar-refractivity contribution < 1.29 is 8.42 Å². The van der Waals surface area contributed by atoms with Gasteiger partial charge in [-0.05, 0) is 48.4 Å². The second-order valence-corrected chi connectivity index (χ2v) is 9.59. The van der Waals surface area contributed by atoms with E-state index in [1.54, 1.807) is 0 Å². The number of sulfonamides is 1. The van der Waals surface area contributed by atoms with Crippen molar-refractivity contribution in [2.45, 2.75) is 44.7 Å². The van der Waals surface area contributed by atoms with Crippen LogP contribution in [0.25, 0.3) is 11.1 Å². The maximum atomic E-state index is 12.0. The summed E-state index contributed by atoms with van der Waals surface area (Å²) in [5.41, 5.74) is 5.81. The lowest BCUT2D eigenvalue weighted by molar-refractivity contribution is 0.421. The zero-order valence-corrected chi connectivity index (χ0v) is 17.7. The Kier molecular flexibility index (Phi) is 5.56. The lowest BCUT2D eigenvalue weighted by Crippen LogP contribution is -2.42. The van der Waals surface area contributed by atoms with Crippen LogP contribution in [0.1, 0.15) is 36.1 Å². The summed E-state index contributed by atoms with van der Waals surface area (Å²) in [4.78, 5) is 0. The second-order valence-electron chi connectivity index (χ2n) is 7.81. The molecule has 2 atom stereocenters. The minimum Gasteiger partial charge on any atom is -0.272 e. The van der Waals surface area contributed by atoms with Gasteiger partial charge in [0, 0.05) is 24.7 Å². The van der Waals surface area contributed by atoms with Crippen LogP contribution >= 0.6 is 0 Å². The average molecular weight is 410 g/mol. The summed E-state index contributed by atoms with van der Waals surface area (Å²) in [6.07, 6.45) is 5.74. The Morgan fingerprint density at radius 3 is 2.59 bits per heavy atom. The van der Waals surface area contributed by atoms with E-state index in [0.29, 0.717) is 0 Å². The molecule has 0 aliphatic heterocycles. The van der Waals surface area contributed by atoms with E-state index in [1.165, 1.54) is 28.5 Å². The van der Waals surface area contributed by atoms with Crippen LogP contribution in [0.2, 0.25) is 0 Å². The molecule has 6 heteroatoms. The molecule has 0 bridgehead atoms. The SMILES string of the molecule is CCn1cc2c(n1)[C@@H](Cc1cccc(-c3ccccc3)c1)[C@@H](NS(C)(=O)=O)CC2. The molecule has 0 amide bonds. The fourth-order valence-electron chi connectivity index (χ4n) is 4.26. The van der Waals surface area contributed by atoms with E-state index in [-0.39, 0.29) is 12.0 Å². The number of hydrogen-bond acceptors (Lipinski definition) is 3. The van der Waals surface area contributed by atoms with Crippen molar-refractivity contribution in [2.75, 3.05) is 6.26 Å². The monoisotopic (exact) mass is 409 g/mol. The Bertz CT molecular complexity index is 1090. The molecule has 4 rings (SSSR count). The molecule has 0 saturated heterocycles. The summed E-state index contributed by atoms with van der Waals surface area (Å²) in [6.45, 7) is 2.89. The highest BCUT2D eigenvalue weighted by Crippen LogP contribution is 2.34. The van der Waals surface area contributed by atoms with Crippen LogP contribution in [0, 0.1) is 0 Å². The molecular formula is C23H27N3O2S. The topological polar surface area (TPSA) is 64.0 Å². The van der Waals surface area contributed by atoms with Gasteiger partial charge in [0.05, 0.1) is 11.9 Å². The summed E-state index contributed by atoms with van der Waals surface area (Å²) in [6, 6.07) is 18.7. The van der Waals surface area contributed by atoms with Crippen LogP contribution in [0.15, 0.2) is 60.8 Å². The molecule has 0 fully saturated rings. The highest BCUT2D eigenvalue weighted by Gasteiger charge is 2.34. The molecule has 1 heterocycles. The number of nitrogens with one attached hydrogen (secondary N) is 1. The predicted octanol–water partition coefficient (Wildman–Crippen LogP) is 3.76. The van der Waals surface area contributed by atoms with Crippen molar-refractivity contribution in [3.05, 3.63) is 77.6 Å². The molecule has 1 aliphatic carbocycles. The van der Waals surface area contributed by atoms with E-state index >= 15 is 0 Å². The van der Waals surface area contributed by atoms with Crippen molar-refractivity contribution >= 4 is 10.0 Å². The molecule has 29 heavy (non-hydrogen) atoms. The Balaban J connectivity index is 1.68. The Labute approximate surface area is 172 Å². The number of hydrogen-bond donors (Lipinski definition) is 1. The van der Waals surface area contributed by atoms with Gasteiger partial charge in [-0.25, -0.2) is 13.1 Å². The van der Waals surface area contributed by atoms with Gasteiger partial charge in [0.2, 0.25) is 10.0 Å². The quantitative estimate of drug-likeness (QED) is 0.674. The highest BCUT2D eigenvalue weighted by atomic mass is 32.2. The lowest BCUT2D eigenvalue weighted by Gasteiger charge is -2.31. The summed E-state index contributed by atoms with van der Waals surface area (Å²) in [7, 11) is -3.29. The molecule has 0 spiro atoms. The summed E-state index contributed by atoms with van der Waals surface area (Å²) >= 11 is 0. The van der Waals surface area contributed by atoms with Crippen molar-refractivity contribution in [3.8, 4) is 11.1 Å². The van der Waals surface area contributed by atoms with Crippen molar-refractivity contribution in [1.29, 1.82) is 0 Å². The van der Waals surface area contributed by atoms with Crippen LogP contribution in [-0.4, -0.2) is 30.5 Å². The van der Waals surface area contributed by atoms with Crippen LogP contribution in [0.5, 0.6) is 0 Å². The highest BCUT2D eigenvalue weighted by molar-refractivity contribution is 7.88. The molecule has 5 nitrogen and oxygen atoms in total. The van der Waals surface area contributed by atoms with Gasteiger partial charge in [-0.2, -0.15) is 5.10 Å². The second kappa shape index (κ2) is 8.13. The first-order chi connectivity index (χ1) is 13.9. The first kappa shape index (κ1) is 19.9. The van der Waals surface area contributed by atoms with E-state index in [1.807, 2.05) is 22.9 Å². The van der Waals surface area contributed by atoms with Gasteiger partial charge in [0.1, 0.15) is 0 Å². The standard InChI is InChI=1S/C23H27N3O2S/c1-3-26-16-20-12-13-22(25-29(2,27)28)21(23(20)24-26)15-17-8-7-11-19(14-17)18-9-5-4-6-10-18/h4-11,14,16,21-22,25H,3,12-13,15H2,1-2H3/t21-,22-/m0/s1. The van der Waals surface area contributed by atoms with E-state index < -0.39 is 10.0 Å². The molecule has 1 aliphatic rings. The van der Waals surface area contributed by atoms with Crippen LogP contribution in [0.4, 0.5) is 0 Å². The summed E-state index contributed by atoms with van der Waals surface area (Å²) < 4.78 is 28.8. The van der Waals surface area contributed by atoms with Crippen LogP contribution in [0.3, 0.4) is 0 Å². The van der Waals surface area contributed by atoms with Crippen molar-refractivity contribution in [3.63, 3.8) is 0 Å². The fourth-order valence-corrected chi connectivity index (χ4v) is 5.10. The number of nitrogens with zero attached hydrogens (tertiary/aromatic N) is 2. The molecule has 1 aromatic heterocycles. The van der Waals surface area contributed by atoms with E-state index in [2.05, 4.69) is 54.2 Å². The van der Waals surface area contributed by atoms with Crippen molar-refractivity contribution in [2.24, 2.45) is 0 Å². The van der Waals surface area contributed by atoms with Gasteiger partial charge in [0.25, 0.3) is 0 Å². The molecule has 0 radical (unpaired) electrons. The fraction of sp³-hybridized carbons (Fsp3) is 0.348. The molecule has 0 unspecified atom stereocenters. The number of aromatic nitrogens is 2. The van der Waals surface area contributed by atoms with E-state index in [9.17, 15) is 8.42 Å². The van der Waals surface area contributed by atoms with Gasteiger partial charge < -0.3 is 0 Å². The molecule has 1 N–H and O–H groups in total. The third kappa shape index (κ3) is 4.60. The average Bonchev–Trinajstić information content (AvgIpc) is 3.13. The first-order valence-corrected chi connectivity index (χ1v) is 12.0. The zero-order chi connectivity index (χ0) is 20.4. The number of aryl methyl sites for hydroxylation is 2. The molecule has 0 saturated carbocycles. The Hall–Kier alpha value is -2.44. The Morgan fingerprint density at radius 2 is 1.86 bits per heavy atom. The zero-order valence-electron chi connectivity index (χ0n) is 16.9. The van der Waals surface area contributed by atoms with Crippen molar-refractivity contribution in [1.82, 2.24) is 14.5 Å². The normalized spacial score (nSPS) is 19.1. The minimum atomic E-state index is -3.29. The molecule has 2 aromatic carbocycles. The van der Waals surface area contributed by atoms with Gasteiger partial charge in [-0.15, -0.1) is 0 Å². The van der Waals surface area contributed by atoms with Crippen LogP contribution < -0.4 is 4.72 Å². The summed E-state index contributed by atoms with van der Waals surface area (Å²) in [5.74, 6) is 0.0206. The van der Waals surface area contributed by atoms with E-state index in [4.69, 9.17) is 5.10 Å². The van der Waals surface area contributed by atoms with Crippen LogP contribution in [-0.2, 0) is 29.4 Å². The largest absolute Gasteiger partial charge is 0.272 e. The predicted molar refractivity (Wildman–Crippen MR) is 116 cm³/mol. The van der Waals surface area contributed by atoms with Gasteiger partial charge in [-0.3, -0.25) is 4.68 Å². The maximum Gasteiger partial charge on any atom is 0.208 e. The molecule has 3 aromatic rings. The molecule has 152 valence electrons. The number of benzene rings is 2. The third-order valence-electron chi connectivity index (χ3n) is 5.61.